The minimum Gasteiger partial charge on any atom is -0.370 e. The first-order valence-electron chi connectivity index (χ1n) is 8.52. The normalized spacial score (nSPS) is 22.4. The molecular formula is C16H25N5O3. The van der Waals surface area contributed by atoms with Gasteiger partial charge in [-0.05, 0) is 18.8 Å². The summed E-state index contributed by atoms with van der Waals surface area (Å²) < 4.78 is 6.78. The molecule has 1 aromatic rings. The van der Waals surface area contributed by atoms with Crippen LogP contribution in [0.5, 0.6) is 0 Å². The molecule has 0 spiro atoms. The quantitative estimate of drug-likeness (QED) is 0.741. The number of aryl methyl sites for hydroxylation is 1. The van der Waals surface area contributed by atoms with Crippen molar-refractivity contribution in [3.63, 3.8) is 0 Å². The van der Waals surface area contributed by atoms with Crippen molar-refractivity contribution in [2.45, 2.75) is 18.9 Å². The molecule has 3 heterocycles. The van der Waals surface area contributed by atoms with E-state index in [0.29, 0.717) is 25.6 Å². The summed E-state index contributed by atoms with van der Waals surface area (Å²) in [5.41, 5.74) is 0.783. The Morgan fingerprint density at radius 2 is 2.25 bits per heavy atom. The lowest BCUT2D eigenvalue weighted by atomic mass is 9.96. The number of ether oxygens (including phenoxy) is 1. The van der Waals surface area contributed by atoms with Crippen LogP contribution in [-0.4, -0.2) is 61.1 Å². The molecule has 8 heteroatoms. The molecule has 1 atom stereocenters. The van der Waals surface area contributed by atoms with E-state index in [1.165, 1.54) is 4.68 Å². The van der Waals surface area contributed by atoms with Gasteiger partial charge in [0.25, 0.3) is 5.56 Å². The van der Waals surface area contributed by atoms with Crippen LogP contribution < -0.4 is 21.1 Å². The summed E-state index contributed by atoms with van der Waals surface area (Å²) in [6.45, 7) is 4.40. The topological polar surface area (TPSA) is 88.5 Å². The average Bonchev–Trinajstić information content (AvgIpc) is 2.63. The Morgan fingerprint density at radius 1 is 1.46 bits per heavy atom. The Morgan fingerprint density at radius 3 is 2.92 bits per heavy atom. The number of nitrogens with one attached hydrogen (secondary N) is 2. The molecule has 2 fully saturated rings. The van der Waals surface area contributed by atoms with E-state index in [-0.39, 0.29) is 17.6 Å². The van der Waals surface area contributed by atoms with Crippen molar-refractivity contribution in [2.24, 2.45) is 13.0 Å². The summed E-state index contributed by atoms with van der Waals surface area (Å²) >= 11 is 0. The molecule has 1 aromatic heterocycles. The Bertz CT molecular complexity index is 618. The zero-order chi connectivity index (χ0) is 16.9. The van der Waals surface area contributed by atoms with Crippen LogP contribution in [0.2, 0.25) is 0 Å². The van der Waals surface area contributed by atoms with Crippen LogP contribution in [0.25, 0.3) is 0 Å². The highest BCUT2D eigenvalue weighted by atomic mass is 16.5. The second-order valence-corrected chi connectivity index (χ2v) is 6.41. The third-order valence-corrected chi connectivity index (χ3v) is 4.72. The number of piperidine rings is 1. The first kappa shape index (κ1) is 16.9. The van der Waals surface area contributed by atoms with Crippen LogP contribution in [0.3, 0.4) is 0 Å². The first-order valence-corrected chi connectivity index (χ1v) is 8.52. The van der Waals surface area contributed by atoms with E-state index in [1.807, 2.05) is 0 Å². The summed E-state index contributed by atoms with van der Waals surface area (Å²) in [6, 6.07) is 1.63. The molecule has 2 saturated heterocycles. The van der Waals surface area contributed by atoms with E-state index >= 15 is 0 Å². The van der Waals surface area contributed by atoms with Crippen LogP contribution in [0.15, 0.2) is 17.1 Å². The second-order valence-electron chi connectivity index (χ2n) is 6.41. The maximum atomic E-state index is 12.1. The first-order chi connectivity index (χ1) is 11.6. The summed E-state index contributed by atoms with van der Waals surface area (Å²) in [7, 11) is 1.65. The van der Waals surface area contributed by atoms with Crippen LogP contribution >= 0.6 is 0 Å². The van der Waals surface area contributed by atoms with E-state index in [9.17, 15) is 9.59 Å². The number of nitrogens with zero attached hydrogens (tertiary/aromatic N) is 3. The van der Waals surface area contributed by atoms with Gasteiger partial charge in [-0.25, -0.2) is 4.68 Å². The van der Waals surface area contributed by atoms with E-state index in [1.54, 1.807) is 19.3 Å². The van der Waals surface area contributed by atoms with Gasteiger partial charge in [0, 0.05) is 45.8 Å². The van der Waals surface area contributed by atoms with Crippen molar-refractivity contribution in [3.8, 4) is 0 Å². The minimum absolute atomic E-state index is 0.0274. The zero-order valence-electron chi connectivity index (χ0n) is 14.0. The van der Waals surface area contributed by atoms with Gasteiger partial charge in [-0.15, -0.1) is 0 Å². The van der Waals surface area contributed by atoms with Crippen molar-refractivity contribution in [1.29, 1.82) is 0 Å². The molecule has 0 aromatic carbocycles. The lowest BCUT2D eigenvalue weighted by Crippen LogP contribution is -2.49. The van der Waals surface area contributed by atoms with Crippen molar-refractivity contribution in [2.75, 3.05) is 44.2 Å². The van der Waals surface area contributed by atoms with Gasteiger partial charge >= 0.3 is 0 Å². The largest absolute Gasteiger partial charge is 0.370 e. The Hall–Kier alpha value is -1.93. The van der Waals surface area contributed by atoms with Crippen molar-refractivity contribution in [3.05, 3.63) is 22.6 Å². The predicted molar refractivity (Wildman–Crippen MR) is 90.0 cm³/mol. The molecule has 8 nitrogen and oxygen atoms in total. The fraction of sp³-hybridized carbons (Fsp3) is 0.688. The highest BCUT2D eigenvalue weighted by Crippen LogP contribution is 2.21. The monoisotopic (exact) mass is 335 g/mol. The molecule has 24 heavy (non-hydrogen) atoms. The van der Waals surface area contributed by atoms with Gasteiger partial charge in [-0.3, -0.25) is 9.59 Å². The number of morpholine rings is 1. The van der Waals surface area contributed by atoms with Crippen LogP contribution in [0, 0.1) is 5.92 Å². The van der Waals surface area contributed by atoms with Gasteiger partial charge in [-0.1, -0.05) is 0 Å². The maximum Gasteiger partial charge on any atom is 0.268 e. The smallest absolute Gasteiger partial charge is 0.268 e. The minimum atomic E-state index is -0.370. The molecule has 132 valence electrons. The average molecular weight is 335 g/mol. The van der Waals surface area contributed by atoms with Crippen LogP contribution in [0.4, 0.5) is 5.69 Å². The number of hydrogen-bond donors (Lipinski definition) is 2. The Kier molecular flexibility index (Phi) is 5.47. The molecule has 0 aliphatic carbocycles. The van der Waals surface area contributed by atoms with Gasteiger partial charge in [0.2, 0.25) is 5.91 Å². The number of rotatable bonds is 4. The molecule has 1 amide bonds. The number of hydrogen-bond acceptors (Lipinski definition) is 6. The van der Waals surface area contributed by atoms with Gasteiger partial charge in [-0.2, -0.15) is 5.10 Å². The lowest BCUT2D eigenvalue weighted by molar-refractivity contribution is -0.134. The van der Waals surface area contributed by atoms with E-state index in [4.69, 9.17) is 4.74 Å². The highest BCUT2D eigenvalue weighted by molar-refractivity contribution is 5.81. The number of carbonyl (C=O) groups is 1. The number of anilines is 1. The lowest BCUT2D eigenvalue weighted by Gasteiger charge is -2.33. The molecular weight excluding hydrogens is 310 g/mol. The van der Waals surface area contributed by atoms with E-state index < -0.39 is 0 Å². The molecule has 0 radical (unpaired) electrons. The zero-order valence-corrected chi connectivity index (χ0v) is 14.0. The molecule has 0 bridgehead atoms. The van der Waals surface area contributed by atoms with Crippen molar-refractivity contribution < 1.29 is 9.53 Å². The van der Waals surface area contributed by atoms with Crippen LogP contribution in [-0.2, 0) is 16.6 Å². The molecule has 1 unspecified atom stereocenters. The summed E-state index contributed by atoms with van der Waals surface area (Å²) in [4.78, 5) is 25.9. The summed E-state index contributed by atoms with van der Waals surface area (Å²) in [5.74, 6) is 0.432. The van der Waals surface area contributed by atoms with Gasteiger partial charge in [0.15, 0.2) is 0 Å². The predicted octanol–water partition coefficient (Wildman–Crippen LogP) is -0.899. The van der Waals surface area contributed by atoms with Crippen LogP contribution in [0.1, 0.15) is 12.8 Å². The Balaban J connectivity index is 1.44. The van der Waals surface area contributed by atoms with Gasteiger partial charge in [0.1, 0.15) is 6.10 Å². The third kappa shape index (κ3) is 4.12. The summed E-state index contributed by atoms with van der Waals surface area (Å²) in [5, 5.41) is 10.2. The standard InChI is InChI=1S/C16H25N5O3/c1-20-15(22)8-13(10-19-20)21-5-2-12(3-6-21)9-18-16(23)14-11-17-4-7-24-14/h8,10,12,14,17H,2-7,9,11H2,1H3,(H,18,23). The Labute approximate surface area is 141 Å². The molecule has 2 aliphatic heterocycles. The highest BCUT2D eigenvalue weighted by Gasteiger charge is 2.24. The summed E-state index contributed by atoms with van der Waals surface area (Å²) in [6.07, 6.45) is 3.33. The number of amides is 1. The van der Waals surface area contributed by atoms with Gasteiger partial charge in [0.05, 0.1) is 18.5 Å². The second kappa shape index (κ2) is 7.76. The maximum absolute atomic E-state index is 12.1. The fourth-order valence-corrected chi connectivity index (χ4v) is 3.12. The van der Waals surface area contributed by atoms with Crippen molar-refractivity contribution >= 4 is 11.6 Å². The fourth-order valence-electron chi connectivity index (χ4n) is 3.12. The number of aromatic nitrogens is 2. The number of carbonyl (C=O) groups excluding carboxylic acids is 1. The molecule has 2 aliphatic rings. The molecule has 3 rings (SSSR count). The SMILES string of the molecule is Cn1ncc(N2CCC(CNC(=O)C3CNCCO3)CC2)cc1=O. The van der Waals surface area contributed by atoms with E-state index in [2.05, 4.69) is 20.6 Å². The third-order valence-electron chi connectivity index (χ3n) is 4.72. The van der Waals surface area contributed by atoms with Crippen molar-refractivity contribution in [1.82, 2.24) is 20.4 Å². The molecule has 2 N–H and O–H groups in total. The molecule has 0 saturated carbocycles. The van der Waals surface area contributed by atoms with Gasteiger partial charge < -0.3 is 20.3 Å². The van der Waals surface area contributed by atoms with E-state index in [0.717, 1.165) is 38.2 Å².